The van der Waals surface area contributed by atoms with Crippen LogP contribution in [-0.4, -0.2) is 62.1 Å². The number of hydrogen-bond acceptors (Lipinski definition) is 4. The number of nitrogens with one attached hydrogen (secondary N) is 1. The van der Waals surface area contributed by atoms with E-state index in [4.69, 9.17) is 16.3 Å². The summed E-state index contributed by atoms with van der Waals surface area (Å²) in [5.41, 5.74) is 0.898. The molecule has 1 saturated heterocycles. The molecule has 1 aliphatic heterocycles. The van der Waals surface area contributed by atoms with Crippen LogP contribution in [0.15, 0.2) is 18.2 Å². The van der Waals surface area contributed by atoms with E-state index < -0.39 is 0 Å². The first-order valence-electron chi connectivity index (χ1n) is 7.71. The highest BCUT2D eigenvalue weighted by atomic mass is 35.5. The number of ether oxygens (including phenoxy) is 1. The van der Waals surface area contributed by atoms with E-state index in [-0.39, 0.29) is 5.91 Å². The maximum absolute atomic E-state index is 12.2. The van der Waals surface area contributed by atoms with Crippen LogP contribution in [0.25, 0.3) is 0 Å². The summed E-state index contributed by atoms with van der Waals surface area (Å²) in [6.07, 6.45) is 0.496. The molecule has 0 atom stereocenters. The van der Waals surface area contributed by atoms with Gasteiger partial charge in [-0.3, -0.25) is 4.79 Å². The third kappa shape index (κ3) is 4.52. The van der Waals surface area contributed by atoms with E-state index in [1.165, 1.54) is 0 Å². The highest BCUT2D eigenvalue weighted by molar-refractivity contribution is 6.32. The average Bonchev–Trinajstić information content (AvgIpc) is 2.55. The van der Waals surface area contributed by atoms with E-state index >= 15 is 0 Å². The summed E-state index contributed by atoms with van der Waals surface area (Å²) >= 11 is 6.08. The highest BCUT2D eigenvalue weighted by Gasteiger charge is 2.19. The molecule has 22 heavy (non-hydrogen) atoms. The van der Waals surface area contributed by atoms with Crippen LogP contribution in [0.2, 0.25) is 5.02 Å². The molecule has 0 radical (unpaired) electrons. The van der Waals surface area contributed by atoms with Crippen LogP contribution in [-0.2, 0) is 4.79 Å². The lowest BCUT2D eigenvalue weighted by molar-refractivity contribution is -0.132. The minimum absolute atomic E-state index is 0.211. The van der Waals surface area contributed by atoms with E-state index in [0.29, 0.717) is 23.7 Å². The molecule has 1 N–H and O–H groups in total. The van der Waals surface area contributed by atoms with Crippen molar-refractivity contribution in [3.05, 3.63) is 23.2 Å². The number of carbonyl (C=O) groups excluding carboxylic acids is 1. The van der Waals surface area contributed by atoms with Gasteiger partial charge in [0, 0.05) is 44.8 Å². The van der Waals surface area contributed by atoms with Crippen molar-refractivity contribution in [1.82, 2.24) is 9.80 Å². The number of rotatable bonds is 6. The molecular formula is C16H24ClN3O2. The Hall–Kier alpha value is -1.46. The molecule has 1 aliphatic rings. The fourth-order valence-corrected chi connectivity index (χ4v) is 2.82. The van der Waals surface area contributed by atoms with Crippen LogP contribution >= 0.6 is 11.6 Å². The molecule has 1 aromatic carbocycles. The molecule has 0 spiro atoms. The molecule has 0 unspecified atom stereocenters. The first kappa shape index (κ1) is 16.9. The normalized spacial score (nSPS) is 15.7. The SMILES string of the molecule is CCN1CCN(C(=O)CCNc2ccc(OC)c(Cl)c2)CC1. The van der Waals surface area contributed by atoms with Crippen molar-refractivity contribution >= 4 is 23.2 Å². The van der Waals surface area contributed by atoms with Gasteiger partial charge in [0.05, 0.1) is 12.1 Å². The number of halogens is 1. The van der Waals surface area contributed by atoms with Crippen molar-refractivity contribution < 1.29 is 9.53 Å². The third-order valence-corrected chi connectivity index (χ3v) is 4.29. The zero-order chi connectivity index (χ0) is 15.9. The van der Waals surface area contributed by atoms with Gasteiger partial charge in [0.2, 0.25) is 5.91 Å². The summed E-state index contributed by atoms with van der Waals surface area (Å²) < 4.78 is 5.12. The van der Waals surface area contributed by atoms with Crippen LogP contribution in [0.1, 0.15) is 13.3 Å². The van der Waals surface area contributed by atoms with Crippen LogP contribution in [0.3, 0.4) is 0 Å². The molecule has 1 fully saturated rings. The highest BCUT2D eigenvalue weighted by Crippen LogP contribution is 2.27. The Bertz CT molecular complexity index is 502. The predicted octanol–water partition coefficient (Wildman–Crippen LogP) is 2.31. The molecule has 6 heteroatoms. The molecule has 5 nitrogen and oxygen atoms in total. The minimum Gasteiger partial charge on any atom is -0.495 e. The minimum atomic E-state index is 0.211. The fraction of sp³-hybridized carbons (Fsp3) is 0.562. The second-order valence-corrected chi connectivity index (χ2v) is 5.75. The molecule has 1 aromatic rings. The van der Waals surface area contributed by atoms with E-state index in [0.717, 1.165) is 38.4 Å². The number of nitrogens with zero attached hydrogens (tertiary/aromatic N) is 2. The molecule has 1 amide bonds. The van der Waals surface area contributed by atoms with Crippen molar-refractivity contribution in [1.29, 1.82) is 0 Å². The molecule has 0 saturated carbocycles. The standard InChI is InChI=1S/C16H24ClN3O2/c1-3-19-8-10-20(11-9-19)16(21)6-7-18-13-4-5-15(22-2)14(17)12-13/h4-5,12,18H,3,6-11H2,1-2H3. The lowest BCUT2D eigenvalue weighted by Gasteiger charge is -2.34. The van der Waals surface area contributed by atoms with Gasteiger partial charge in [-0.25, -0.2) is 0 Å². The zero-order valence-electron chi connectivity index (χ0n) is 13.3. The Balaban J connectivity index is 1.74. The molecule has 0 bridgehead atoms. The van der Waals surface area contributed by atoms with Crippen LogP contribution in [0.5, 0.6) is 5.75 Å². The van der Waals surface area contributed by atoms with Gasteiger partial charge in [-0.05, 0) is 24.7 Å². The van der Waals surface area contributed by atoms with E-state index in [1.54, 1.807) is 7.11 Å². The number of anilines is 1. The van der Waals surface area contributed by atoms with Crippen molar-refractivity contribution in [2.75, 3.05) is 51.7 Å². The van der Waals surface area contributed by atoms with Gasteiger partial charge in [0.1, 0.15) is 5.75 Å². The summed E-state index contributed by atoms with van der Waals surface area (Å²) in [5.74, 6) is 0.861. The molecular weight excluding hydrogens is 302 g/mol. The number of hydrogen-bond donors (Lipinski definition) is 1. The number of likely N-dealkylation sites (N-methyl/N-ethyl adjacent to an activating group) is 1. The lowest BCUT2D eigenvalue weighted by Crippen LogP contribution is -2.48. The Kier molecular flexibility index (Phi) is 6.34. The lowest BCUT2D eigenvalue weighted by atomic mass is 10.2. The van der Waals surface area contributed by atoms with Gasteiger partial charge >= 0.3 is 0 Å². The Morgan fingerprint density at radius 3 is 2.64 bits per heavy atom. The fourth-order valence-electron chi connectivity index (χ4n) is 2.56. The van der Waals surface area contributed by atoms with Crippen LogP contribution in [0.4, 0.5) is 5.69 Å². The maximum atomic E-state index is 12.2. The molecule has 122 valence electrons. The number of piperazine rings is 1. The van der Waals surface area contributed by atoms with Crippen molar-refractivity contribution in [3.8, 4) is 5.75 Å². The topological polar surface area (TPSA) is 44.8 Å². The quantitative estimate of drug-likeness (QED) is 0.872. The summed E-state index contributed by atoms with van der Waals surface area (Å²) in [7, 11) is 1.59. The first-order chi connectivity index (χ1) is 10.6. The number of benzene rings is 1. The second kappa shape index (κ2) is 8.25. The Morgan fingerprint density at radius 1 is 1.32 bits per heavy atom. The van der Waals surface area contributed by atoms with Gasteiger partial charge in [-0.1, -0.05) is 18.5 Å². The van der Waals surface area contributed by atoms with Crippen LogP contribution < -0.4 is 10.1 Å². The summed E-state index contributed by atoms with van der Waals surface area (Å²) in [4.78, 5) is 16.5. The first-order valence-corrected chi connectivity index (χ1v) is 8.09. The van der Waals surface area contributed by atoms with Crippen molar-refractivity contribution in [3.63, 3.8) is 0 Å². The van der Waals surface area contributed by atoms with Crippen molar-refractivity contribution in [2.45, 2.75) is 13.3 Å². The van der Waals surface area contributed by atoms with Gasteiger partial charge in [0.15, 0.2) is 0 Å². The van der Waals surface area contributed by atoms with E-state index in [2.05, 4.69) is 17.1 Å². The zero-order valence-corrected chi connectivity index (χ0v) is 14.0. The van der Waals surface area contributed by atoms with Crippen molar-refractivity contribution in [2.24, 2.45) is 0 Å². The van der Waals surface area contributed by atoms with Gasteiger partial charge in [-0.2, -0.15) is 0 Å². The Labute approximate surface area is 137 Å². The second-order valence-electron chi connectivity index (χ2n) is 5.34. The Morgan fingerprint density at radius 2 is 2.05 bits per heavy atom. The summed E-state index contributed by atoms with van der Waals surface area (Å²) in [5, 5.41) is 3.79. The van der Waals surface area contributed by atoms with Gasteiger partial charge in [-0.15, -0.1) is 0 Å². The smallest absolute Gasteiger partial charge is 0.224 e. The number of methoxy groups -OCH3 is 1. The maximum Gasteiger partial charge on any atom is 0.224 e. The van der Waals surface area contributed by atoms with E-state index in [9.17, 15) is 4.79 Å². The summed E-state index contributed by atoms with van der Waals surface area (Å²) in [6, 6.07) is 5.52. The molecule has 1 heterocycles. The molecule has 0 aliphatic carbocycles. The third-order valence-electron chi connectivity index (χ3n) is 3.99. The molecule has 2 rings (SSSR count). The van der Waals surface area contributed by atoms with Gasteiger partial charge < -0.3 is 19.9 Å². The number of amides is 1. The predicted molar refractivity (Wildman–Crippen MR) is 89.8 cm³/mol. The monoisotopic (exact) mass is 325 g/mol. The average molecular weight is 326 g/mol. The number of carbonyl (C=O) groups is 1. The van der Waals surface area contributed by atoms with E-state index in [1.807, 2.05) is 23.1 Å². The largest absolute Gasteiger partial charge is 0.495 e. The molecule has 0 aromatic heterocycles. The van der Waals surface area contributed by atoms with Gasteiger partial charge in [0.25, 0.3) is 0 Å². The summed E-state index contributed by atoms with van der Waals surface area (Å²) in [6.45, 7) is 7.44. The van der Waals surface area contributed by atoms with Crippen LogP contribution in [0, 0.1) is 0 Å².